The zero-order chi connectivity index (χ0) is 10.8. The molecule has 1 aliphatic carbocycles. The van der Waals surface area contributed by atoms with Crippen molar-refractivity contribution in [2.75, 3.05) is 6.54 Å². The zero-order valence-corrected chi connectivity index (χ0v) is 9.22. The minimum Gasteiger partial charge on any atom is -0.459 e. The van der Waals surface area contributed by atoms with Crippen molar-refractivity contribution in [3.8, 4) is 0 Å². The first-order valence-electron chi connectivity index (χ1n) is 5.01. The molecular weight excluding hydrogens is 178 g/mol. The topological polar surface area (TPSA) is 38.3 Å². The van der Waals surface area contributed by atoms with Gasteiger partial charge in [0.25, 0.3) is 0 Å². The van der Waals surface area contributed by atoms with E-state index in [2.05, 4.69) is 11.9 Å². The molecule has 0 aromatic rings. The van der Waals surface area contributed by atoms with E-state index in [0.29, 0.717) is 6.04 Å². The Bertz CT molecular complexity index is 240. The molecule has 1 N–H and O–H groups in total. The van der Waals surface area contributed by atoms with Crippen molar-refractivity contribution in [2.24, 2.45) is 0 Å². The molecule has 0 amide bonds. The minimum absolute atomic E-state index is 0.197. The lowest BCUT2D eigenvalue weighted by Gasteiger charge is -2.30. The van der Waals surface area contributed by atoms with Crippen molar-refractivity contribution in [1.29, 1.82) is 0 Å². The third kappa shape index (κ3) is 3.50. The van der Waals surface area contributed by atoms with E-state index in [0.717, 1.165) is 12.8 Å². The molecule has 0 spiro atoms. The van der Waals surface area contributed by atoms with E-state index in [-0.39, 0.29) is 12.5 Å². The van der Waals surface area contributed by atoms with Crippen LogP contribution in [0.1, 0.15) is 33.6 Å². The van der Waals surface area contributed by atoms with Gasteiger partial charge in [-0.3, -0.25) is 4.79 Å². The van der Waals surface area contributed by atoms with Crippen molar-refractivity contribution >= 4 is 5.97 Å². The highest BCUT2D eigenvalue weighted by molar-refractivity contribution is 5.72. The number of hydrogen-bond acceptors (Lipinski definition) is 3. The van der Waals surface area contributed by atoms with E-state index < -0.39 is 5.60 Å². The van der Waals surface area contributed by atoms with Crippen LogP contribution in [0, 0.1) is 0 Å². The van der Waals surface area contributed by atoms with Gasteiger partial charge >= 0.3 is 5.97 Å². The molecule has 1 aliphatic rings. The van der Waals surface area contributed by atoms with Crippen LogP contribution in [0.25, 0.3) is 0 Å². The SMILES string of the molecule is C=C1CC[C@@H]1NCC(=O)OC(C)(C)C. The number of carbonyl (C=O) groups is 1. The van der Waals surface area contributed by atoms with E-state index >= 15 is 0 Å². The van der Waals surface area contributed by atoms with Crippen molar-refractivity contribution in [2.45, 2.75) is 45.3 Å². The Morgan fingerprint density at radius 1 is 1.64 bits per heavy atom. The Kier molecular flexibility index (Phi) is 3.32. The number of hydrogen-bond donors (Lipinski definition) is 1. The molecule has 14 heavy (non-hydrogen) atoms. The number of esters is 1. The lowest BCUT2D eigenvalue weighted by Crippen LogP contribution is -2.41. The van der Waals surface area contributed by atoms with Gasteiger partial charge in [0.1, 0.15) is 5.60 Å². The Morgan fingerprint density at radius 3 is 2.64 bits per heavy atom. The number of carbonyl (C=O) groups excluding carboxylic acids is 1. The third-order valence-corrected chi connectivity index (χ3v) is 2.16. The fourth-order valence-corrected chi connectivity index (χ4v) is 1.32. The summed E-state index contributed by atoms with van der Waals surface area (Å²) in [5, 5.41) is 3.12. The van der Waals surface area contributed by atoms with Crippen LogP contribution in [0.15, 0.2) is 12.2 Å². The van der Waals surface area contributed by atoms with Crippen molar-refractivity contribution in [3.05, 3.63) is 12.2 Å². The van der Waals surface area contributed by atoms with E-state index in [1.807, 2.05) is 20.8 Å². The molecule has 0 heterocycles. The summed E-state index contributed by atoms with van der Waals surface area (Å²) < 4.78 is 5.16. The van der Waals surface area contributed by atoms with Gasteiger partial charge in [-0.05, 0) is 33.6 Å². The molecule has 1 rings (SSSR count). The minimum atomic E-state index is -0.393. The number of ether oxygens (including phenoxy) is 1. The van der Waals surface area contributed by atoms with Gasteiger partial charge in [0.15, 0.2) is 0 Å². The van der Waals surface area contributed by atoms with Crippen LogP contribution in [-0.4, -0.2) is 24.2 Å². The first kappa shape index (κ1) is 11.2. The maximum absolute atomic E-state index is 11.3. The maximum Gasteiger partial charge on any atom is 0.320 e. The summed E-state index contributed by atoms with van der Waals surface area (Å²) >= 11 is 0. The van der Waals surface area contributed by atoms with E-state index in [4.69, 9.17) is 4.74 Å². The standard InChI is InChI=1S/C11H19NO2/c1-8-5-6-9(8)12-7-10(13)14-11(2,3)4/h9,12H,1,5-7H2,2-4H3/t9-/m0/s1. The summed E-state index contributed by atoms with van der Waals surface area (Å²) in [6, 6.07) is 0.322. The molecule has 0 aromatic heterocycles. The monoisotopic (exact) mass is 197 g/mol. The van der Waals surface area contributed by atoms with E-state index in [1.54, 1.807) is 0 Å². The van der Waals surface area contributed by atoms with Crippen molar-refractivity contribution < 1.29 is 9.53 Å². The molecule has 0 unspecified atom stereocenters. The highest BCUT2D eigenvalue weighted by atomic mass is 16.6. The summed E-state index contributed by atoms with van der Waals surface area (Å²) in [4.78, 5) is 11.3. The molecule has 0 bridgehead atoms. The predicted molar refractivity (Wildman–Crippen MR) is 56.0 cm³/mol. The van der Waals surface area contributed by atoms with Gasteiger partial charge in [-0.15, -0.1) is 0 Å². The molecule has 0 aliphatic heterocycles. The summed E-state index contributed by atoms with van der Waals surface area (Å²) in [5.41, 5.74) is 0.795. The quantitative estimate of drug-likeness (QED) is 0.552. The Balaban J connectivity index is 2.18. The fraction of sp³-hybridized carbons (Fsp3) is 0.727. The molecular formula is C11H19NO2. The molecule has 0 aromatic carbocycles. The number of nitrogens with one attached hydrogen (secondary N) is 1. The molecule has 3 heteroatoms. The molecule has 1 fully saturated rings. The average molecular weight is 197 g/mol. The zero-order valence-electron chi connectivity index (χ0n) is 9.22. The van der Waals surface area contributed by atoms with Crippen LogP contribution in [0.2, 0.25) is 0 Å². The smallest absolute Gasteiger partial charge is 0.320 e. The highest BCUT2D eigenvalue weighted by Crippen LogP contribution is 2.23. The lowest BCUT2D eigenvalue weighted by atomic mass is 9.87. The predicted octanol–water partition coefficient (Wildman–Crippen LogP) is 1.64. The summed E-state index contributed by atoms with van der Waals surface area (Å²) in [6.45, 7) is 9.76. The van der Waals surface area contributed by atoms with Crippen LogP contribution in [0.3, 0.4) is 0 Å². The first-order valence-corrected chi connectivity index (χ1v) is 5.01. The summed E-state index contributed by atoms with van der Waals surface area (Å²) in [6.07, 6.45) is 2.16. The second kappa shape index (κ2) is 4.13. The second-order valence-electron chi connectivity index (χ2n) is 4.72. The van der Waals surface area contributed by atoms with Crippen molar-refractivity contribution in [1.82, 2.24) is 5.32 Å². The van der Waals surface area contributed by atoms with Crippen LogP contribution in [0.4, 0.5) is 0 Å². The van der Waals surface area contributed by atoms with Gasteiger partial charge in [-0.1, -0.05) is 12.2 Å². The Hall–Kier alpha value is -0.830. The van der Waals surface area contributed by atoms with Gasteiger partial charge in [0, 0.05) is 6.04 Å². The normalized spacial score (nSPS) is 21.6. The fourth-order valence-electron chi connectivity index (χ4n) is 1.32. The molecule has 0 radical (unpaired) electrons. The van der Waals surface area contributed by atoms with Crippen molar-refractivity contribution in [3.63, 3.8) is 0 Å². The number of rotatable bonds is 3. The first-order chi connectivity index (χ1) is 6.38. The molecule has 1 saturated carbocycles. The van der Waals surface area contributed by atoms with Gasteiger partial charge in [0.05, 0.1) is 6.54 Å². The van der Waals surface area contributed by atoms with Crippen LogP contribution in [-0.2, 0) is 9.53 Å². The Morgan fingerprint density at radius 2 is 2.29 bits per heavy atom. The summed E-state index contributed by atoms with van der Waals surface area (Å²) in [7, 11) is 0. The van der Waals surface area contributed by atoms with Gasteiger partial charge in [-0.2, -0.15) is 0 Å². The van der Waals surface area contributed by atoms with Crippen LogP contribution >= 0.6 is 0 Å². The van der Waals surface area contributed by atoms with Crippen LogP contribution in [0.5, 0.6) is 0 Å². The Labute approximate surface area is 85.5 Å². The molecule has 1 atom stereocenters. The molecule has 80 valence electrons. The maximum atomic E-state index is 11.3. The molecule has 3 nitrogen and oxygen atoms in total. The van der Waals surface area contributed by atoms with Gasteiger partial charge < -0.3 is 10.1 Å². The third-order valence-electron chi connectivity index (χ3n) is 2.16. The van der Waals surface area contributed by atoms with Gasteiger partial charge in [-0.25, -0.2) is 0 Å². The van der Waals surface area contributed by atoms with Crippen LogP contribution < -0.4 is 5.32 Å². The largest absolute Gasteiger partial charge is 0.459 e. The summed E-state index contributed by atoms with van der Waals surface area (Å²) in [5.74, 6) is -0.197. The van der Waals surface area contributed by atoms with Gasteiger partial charge in [0.2, 0.25) is 0 Å². The average Bonchev–Trinajstić information content (AvgIpc) is 1.98. The molecule has 0 saturated heterocycles. The van der Waals surface area contributed by atoms with E-state index in [9.17, 15) is 4.79 Å². The second-order valence-corrected chi connectivity index (χ2v) is 4.72. The van der Waals surface area contributed by atoms with E-state index in [1.165, 1.54) is 5.57 Å². The highest BCUT2D eigenvalue weighted by Gasteiger charge is 2.23. The lowest BCUT2D eigenvalue weighted by molar-refractivity contribution is -0.153.